The Morgan fingerprint density at radius 3 is 2.68 bits per heavy atom. The van der Waals surface area contributed by atoms with Crippen LogP contribution in [0, 0.1) is 6.92 Å². The normalized spacial score (nSPS) is 11.5. The SMILES string of the molecule is Cc1oc(CNC(=O)c2ncsc2C(F)(F)F)cc1C(=O)O. The molecule has 1 amide bonds. The number of rotatable bonds is 4. The van der Waals surface area contributed by atoms with Gasteiger partial charge in [0, 0.05) is 0 Å². The number of aromatic carboxylic acids is 1. The van der Waals surface area contributed by atoms with Crippen molar-refractivity contribution in [1.29, 1.82) is 0 Å². The highest BCUT2D eigenvalue weighted by Gasteiger charge is 2.38. The first-order valence-corrected chi connectivity index (χ1v) is 6.69. The number of hydrogen-bond donors (Lipinski definition) is 2. The van der Waals surface area contributed by atoms with Gasteiger partial charge in [-0.2, -0.15) is 13.2 Å². The average Bonchev–Trinajstić information content (AvgIpc) is 3.01. The molecule has 0 saturated heterocycles. The summed E-state index contributed by atoms with van der Waals surface area (Å²) >= 11 is 0.319. The fourth-order valence-electron chi connectivity index (χ4n) is 1.70. The maximum absolute atomic E-state index is 12.7. The van der Waals surface area contributed by atoms with Crippen LogP contribution in [0.3, 0.4) is 0 Å². The highest BCUT2D eigenvalue weighted by atomic mass is 32.1. The first-order valence-electron chi connectivity index (χ1n) is 5.81. The number of nitrogens with zero attached hydrogens (tertiary/aromatic N) is 1. The zero-order chi connectivity index (χ0) is 16.5. The fourth-order valence-corrected chi connectivity index (χ4v) is 2.36. The maximum Gasteiger partial charge on any atom is 0.427 e. The third-order valence-electron chi connectivity index (χ3n) is 2.66. The van der Waals surface area contributed by atoms with Crippen molar-refractivity contribution in [3.63, 3.8) is 0 Å². The predicted molar refractivity (Wildman–Crippen MR) is 68.7 cm³/mol. The number of thiazole rings is 1. The summed E-state index contributed by atoms with van der Waals surface area (Å²) in [6, 6.07) is 1.20. The van der Waals surface area contributed by atoms with E-state index in [9.17, 15) is 22.8 Å². The second-order valence-electron chi connectivity index (χ2n) is 4.20. The number of aryl methyl sites for hydroxylation is 1. The van der Waals surface area contributed by atoms with Gasteiger partial charge in [-0.25, -0.2) is 9.78 Å². The van der Waals surface area contributed by atoms with E-state index in [-0.39, 0.29) is 23.6 Å². The zero-order valence-electron chi connectivity index (χ0n) is 11.0. The third-order valence-corrected chi connectivity index (χ3v) is 3.53. The summed E-state index contributed by atoms with van der Waals surface area (Å²) in [6.45, 7) is 1.18. The Labute approximate surface area is 125 Å². The molecule has 2 aromatic heterocycles. The zero-order valence-corrected chi connectivity index (χ0v) is 11.8. The molecule has 0 atom stereocenters. The van der Waals surface area contributed by atoms with Gasteiger partial charge in [0.05, 0.1) is 12.1 Å². The van der Waals surface area contributed by atoms with E-state index >= 15 is 0 Å². The van der Waals surface area contributed by atoms with Gasteiger partial charge >= 0.3 is 12.1 Å². The summed E-state index contributed by atoms with van der Waals surface area (Å²) in [5, 5.41) is 11.1. The molecule has 2 N–H and O–H groups in total. The van der Waals surface area contributed by atoms with Crippen LogP contribution in [0.4, 0.5) is 13.2 Å². The van der Waals surface area contributed by atoms with Gasteiger partial charge in [0.1, 0.15) is 22.0 Å². The largest absolute Gasteiger partial charge is 0.478 e. The van der Waals surface area contributed by atoms with Crippen molar-refractivity contribution in [1.82, 2.24) is 10.3 Å². The molecule has 10 heteroatoms. The summed E-state index contributed by atoms with van der Waals surface area (Å²) in [5.41, 5.74) is 0.130. The van der Waals surface area contributed by atoms with Crippen LogP contribution in [-0.4, -0.2) is 22.0 Å². The predicted octanol–water partition coefficient (Wildman–Crippen LogP) is 2.69. The van der Waals surface area contributed by atoms with Gasteiger partial charge in [-0.1, -0.05) is 0 Å². The Hall–Kier alpha value is -2.36. The first kappa shape index (κ1) is 16.0. The first-order chi connectivity index (χ1) is 10.2. The molecule has 118 valence electrons. The lowest BCUT2D eigenvalue weighted by molar-refractivity contribution is -0.134. The van der Waals surface area contributed by atoms with Crippen LogP contribution in [-0.2, 0) is 12.7 Å². The van der Waals surface area contributed by atoms with Crippen LogP contribution >= 0.6 is 11.3 Å². The Balaban J connectivity index is 2.09. The molecular weight excluding hydrogens is 325 g/mol. The number of carboxylic acid groups (broad SMARTS) is 1. The molecular formula is C12H9F3N2O4S. The Morgan fingerprint density at radius 2 is 2.14 bits per heavy atom. The molecule has 22 heavy (non-hydrogen) atoms. The van der Waals surface area contributed by atoms with Gasteiger partial charge in [-0.05, 0) is 13.0 Å². The molecule has 2 aromatic rings. The number of halogens is 3. The third kappa shape index (κ3) is 3.27. The summed E-state index contributed by atoms with van der Waals surface area (Å²) in [7, 11) is 0. The Bertz CT molecular complexity index is 720. The smallest absolute Gasteiger partial charge is 0.427 e. The summed E-state index contributed by atoms with van der Waals surface area (Å²) in [6.07, 6.45) is -4.66. The molecule has 0 aliphatic carbocycles. The van der Waals surface area contributed by atoms with Gasteiger partial charge < -0.3 is 14.8 Å². The number of carbonyl (C=O) groups excluding carboxylic acids is 1. The highest BCUT2D eigenvalue weighted by Crippen LogP contribution is 2.34. The lowest BCUT2D eigenvalue weighted by Gasteiger charge is -2.06. The molecule has 0 aromatic carbocycles. The maximum atomic E-state index is 12.7. The van der Waals surface area contributed by atoms with Gasteiger partial charge in [0.15, 0.2) is 5.69 Å². The minimum atomic E-state index is -4.66. The Kier molecular flexibility index (Phi) is 4.22. The highest BCUT2D eigenvalue weighted by molar-refractivity contribution is 7.10. The standard InChI is InChI=1S/C12H9F3N2O4S/c1-5-7(11(19)20)2-6(21-5)3-16-10(18)8-9(12(13,14)15)22-4-17-8/h2,4H,3H2,1H3,(H,16,18)(H,19,20). The topological polar surface area (TPSA) is 92.4 Å². The second-order valence-corrected chi connectivity index (χ2v) is 5.05. The Morgan fingerprint density at radius 1 is 1.45 bits per heavy atom. The van der Waals surface area contributed by atoms with Crippen LogP contribution in [0.5, 0.6) is 0 Å². The average molecular weight is 334 g/mol. The van der Waals surface area contributed by atoms with Gasteiger partial charge in [-0.3, -0.25) is 4.79 Å². The second kappa shape index (κ2) is 5.79. The van der Waals surface area contributed by atoms with E-state index < -0.39 is 28.6 Å². The molecule has 6 nitrogen and oxygen atoms in total. The summed E-state index contributed by atoms with van der Waals surface area (Å²) in [5.74, 6) is -1.95. The van der Waals surface area contributed by atoms with Crippen LogP contribution in [0.2, 0.25) is 0 Å². The number of alkyl halides is 3. The van der Waals surface area contributed by atoms with Gasteiger partial charge in [0.25, 0.3) is 5.91 Å². The molecule has 0 unspecified atom stereocenters. The van der Waals surface area contributed by atoms with E-state index in [1.54, 1.807) is 0 Å². The van der Waals surface area contributed by atoms with Crippen molar-refractivity contribution in [3.8, 4) is 0 Å². The van der Waals surface area contributed by atoms with E-state index in [1.807, 2.05) is 0 Å². The van der Waals surface area contributed by atoms with Crippen LogP contribution < -0.4 is 5.32 Å². The molecule has 0 radical (unpaired) electrons. The van der Waals surface area contributed by atoms with Crippen molar-refractivity contribution >= 4 is 23.2 Å². The summed E-state index contributed by atoms with van der Waals surface area (Å²) < 4.78 is 43.1. The minimum Gasteiger partial charge on any atom is -0.478 e. The van der Waals surface area contributed by atoms with Crippen molar-refractivity contribution in [2.75, 3.05) is 0 Å². The van der Waals surface area contributed by atoms with Crippen LogP contribution in [0.25, 0.3) is 0 Å². The number of carboxylic acids is 1. The number of carbonyl (C=O) groups is 2. The molecule has 0 bridgehead atoms. The van der Waals surface area contributed by atoms with Gasteiger partial charge in [-0.15, -0.1) is 11.3 Å². The van der Waals surface area contributed by atoms with Crippen LogP contribution in [0.1, 0.15) is 37.2 Å². The lowest BCUT2D eigenvalue weighted by Crippen LogP contribution is -2.25. The van der Waals surface area contributed by atoms with E-state index in [4.69, 9.17) is 9.52 Å². The van der Waals surface area contributed by atoms with E-state index in [1.165, 1.54) is 13.0 Å². The number of amides is 1. The van der Waals surface area contributed by atoms with Crippen molar-refractivity contribution < 1.29 is 32.3 Å². The van der Waals surface area contributed by atoms with E-state index in [0.29, 0.717) is 11.3 Å². The molecule has 0 aliphatic heterocycles. The molecule has 0 saturated carbocycles. The molecule has 0 fully saturated rings. The number of aromatic nitrogens is 1. The van der Waals surface area contributed by atoms with E-state index in [2.05, 4.69) is 10.3 Å². The van der Waals surface area contributed by atoms with Crippen LogP contribution in [0.15, 0.2) is 16.0 Å². The lowest BCUT2D eigenvalue weighted by atomic mass is 10.2. The van der Waals surface area contributed by atoms with Gasteiger partial charge in [0.2, 0.25) is 0 Å². The monoisotopic (exact) mass is 334 g/mol. The molecule has 2 heterocycles. The molecule has 0 aliphatic rings. The number of nitrogens with one attached hydrogen (secondary N) is 1. The fraction of sp³-hybridized carbons (Fsp3) is 0.250. The van der Waals surface area contributed by atoms with Crippen molar-refractivity contribution in [3.05, 3.63) is 39.2 Å². The quantitative estimate of drug-likeness (QED) is 0.897. The molecule has 2 rings (SSSR count). The number of hydrogen-bond acceptors (Lipinski definition) is 5. The molecule has 0 spiro atoms. The van der Waals surface area contributed by atoms with Crippen molar-refractivity contribution in [2.24, 2.45) is 0 Å². The van der Waals surface area contributed by atoms with Crippen molar-refractivity contribution in [2.45, 2.75) is 19.6 Å². The van der Waals surface area contributed by atoms with E-state index in [0.717, 1.165) is 5.51 Å². The minimum absolute atomic E-state index is 0.0751. The summed E-state index contributed by atoms with van der Waals surface area (Å²) in [4.78, 5) is 24.9. The number of furan rings is 1.